The molecule has 0 amide bonds. The molecule has 28 heavy (non-hydrogen) atoms. The Hall–Kier alpha value is -2.75. The number of carbonyl (C=O) groups is 1. The number of Topliss-reactive ketones (excluding diaryl/α,β-unsaturated/α-hetero) is 1. The molecule has 4 rings (SSSR count). The van der Waals surface area contributed by atoms with Crippen molar-refractivity contribution < 1.29 is 9.53 Å². The van der Waals surface area contributed by atoms with Crippen LogP contribution in [0, 0.1) is 5.41 Å². The molecule has 2 aromatic carbocycles. The van der Waals surface area contributed by atoms with E-state index >= 15 is 0 Å². The van der Waals surface area contributed by atoms with Gasteiger partial charge in [-0.1, -0.05) is 44.2 Å². The first kappa shape index (κ1) is 18.6. The third-order valence-electron chi connectivity index (χ3n) is 5.78. The number of methoxy groups -OCH3 is 1. The number of carbonyl (C=O) groups excluding carboxylic acids is 1. The van der Waals surface area contributed by atoms with Gasteiger partial charge in [0.1, 0.15) is 5.75 Å². The molecule has 146 valence electrons. The summed E-state index contributed by atoms with van der Waals surface area (Å²) in [7, 11) is 1.69. The highest BCUT2D eigenvalue weighted by Gasteiger charge is 2.41. The van der Waals surface area contributed by atoms with E-state index in [0.717, 1.165) is 46.9 Å². The molecule has 4 nitrogen and oxygen atoms in total. The highest BCUT2D eigenvalue weighted by atomic mass is 16.5. The Bertz CT molecular complexity index is 945. The fourth-order valence-electron chi connectivity index (χ4n) is 4.62. The average Bonchev–Trinajstić information content (AvgIpc) is 2.80. The van der Waals surface area contributed by atoms with Crippen LogP contribution in [0.1, 0.15) is 45.2 Å². The Morgan fingerprint density at radius 3 is 2.57 bits per heavy atom. The van der Waals surface area contributed by atoms with Crippen LogP contribution in [0.25, 0.3) is 0 Å². The van der Waals surface area contributed by atoms with Gasteiger partial charge in [-0.15, -0.1) is 0 Å². The minimum atomic E-state index is -0.170. The first-order valence-electron chi connectivity index (χ1n) is 9.97. The average molecular weight is 377 g/mol. The van der Waals surface area contributed by atoms with Crippen LogP contribution in [0.2, 0.25) is 0 Å². The molecular formula is C24H28N2O2. The fourth-order valence-corrected chi connectivity index (χ4v) is 4.62. The Morgan fingerprint density at radius 2 is 1.82 bits per heavy atom. The molecule has 0 bridgehead atoms. The summed E-state index contributed by atoms with van der Waals surface area (Å²) in [6.45, 7) is 7.27. The maximum absolute atomic E-state index is 13.4. The van der Waals surface area contributed by atoms with Crippen LogP contribution in [0.5, 0.6) is 5.75 Å². The predicted octanol–water partition coefficient (Wildman–Crippen LogP) is 5.33. The van der Waals surface area contributed by atoms with Gasteiger partial charge in [0.2, 0.25) is 0 Å². The van der Waals surface area contributed by atoms with E-state index < -0.39 is 0 Å². The third-order valence-corrected chi connectivity index (χ3v) is 5.78. The lowest BCUT2D eigenvalue weighted by atomic mass is 9.73. The lowest BCUT2D eigenvalue weighted by Gasteiger charge is -2.38. The van der Waals surface area contributed by atoms with E-state index in [-0.39, 0.29) is 17.2 Å². The van der Waals surface area contributed by atoms with Gasteiger partial charge in [-0.3, -0.25) is 4.79 Å². The maximum Gasteiger partial charge on any atom is 0.163 e. The Morgan fingerprint density at radius 1 is 1.11 bits per heavy atom. The number of para-hydroxylation sites is 3. The molecule has 0 saturated carbocycles. The minimum absolute atomic E-state index is 0.0510. The van der Waals surface area contributed by atoms with Gasteiger partial charge in [0, 0.05) is 29.8 Å². The zero-order valence-corrected chi connectivity index (χ0v) is 17.1. The van der Waals surface area contributed by atoms with Crippen LogP contribution in [0.4, 0.5) is 11.4 Å². The van der Waals surface area contributed by atoms with Crippen molar-refractivity contribution in [1.82, 2.24) is 0 Å². The number of ketones is 1. The second kappa shape index (κ2) is 7.01. The number of nitrogens with one attached hydrogen (secondary N) is 1. The Labute approximate surface area is 167 Å². The number of allylic oxidation sites excluding steroid dienone is 1. The number of rotatable bonds is 3. The van der Waals surface area contributed by atoms with Crippen molar-refractivity contribution in [2.45, 2.75) is 39.7 Å². The van der Waals surface area contributed by atoms with Gasteiger partial charge < -0.3 is 15.0 Å². The van der Waals surface area contributed by atoms with Gasteiger partial charge in [-0.25, -0.2) is 0 Å². The molecule has 0 unspecified atom stereocenters. The van der Waals surface area contributed by atoms with Crippen LogP contribution in [0.3, 0.4) is 0 Å². The van der Waals surface area contributed by atoms with Gasteiger partial charge in [0.25, 0.3) is 0 Å². The topological polar surface area (TPSA) is 41.6 Å². The number of likely N-dealkylation sites (N-methyl/N-ethyl adjacent to an activating group) is 1. The summed E-state index contributed by atoms with van der Waals surface area (Å²) in [4.78, 5) is 15.7. The molecular weight excluding hydrogens is 348 g/mol. The van der Waals surface area contributed by atoms with E-state index in [0.29, 0.717) is 6.42 Å². The fraction of sp³-hybridized carbons (Fsp3) is 0.375. The molecule has 0 radical (unpaired) electrons. The molecule has 2 aliphatic rings. The lowest BCUT2D eigenvalue weighted by Crippen LogP contribution is -2.36. The number of benzene rings is 2. The van der Waals surface area contributed by atoms with Crippen LogP contribution < -0.4 is 15.0 Å². The molecule has 0 saturated heterocycles. The molecule has 1 N–H and O–H groups in total. The van der Waals surface area contributed by atoms with E-state index in [4.69, 9.17) is 4.74 Å². The van der Waals surface area contributed by atoms with E-state index in [1.54, 1.807) is 7.11 Å². The molecule has 1 atom stereocenters. The number of hydrogen-bond donors (Lipinski definition) is 1. The summed E-state index contributed by atoms with van der Waals surface area (Å²) in [5, 5.41) is 3.63. The molecule has 1 aliphatic heterocycles. The molecule has 4 heteroatoms. The first-order chi connectivity index (χ1) is 13.4. The summed E-state index contributed by atoms with van der Waals surface area (Å²) in [5.74, 6) is 1.04. The van der Waals surface area contributed by atoms with Gasteiger partial charge in [-0.05, 0) is 37.0 Å². The maximum atomic E-state index is 13.4. The smallest absolute Gasteiger partial charge is 0.163 e. The standard InChI is InChI=1S/C24H28N2O2/c1-5-26-19-12-8-7-11-17(19)25-18-14-24(2,3)15-20(27)22(18)23(26)16-10-6-9-13-21(16)28-4/h6-13,23,25H,5,14-15H2,1-4H3/t23-/m1/s1. The van der Waals surface area contributed by atoms with E-state index in [2.05, 4.69) is 55.3 Å². The summed E-state index contributed by atoms with van der Waals surface area (Å²) in [6, 6.07) is 16.2. The van der Waals surface area contributed by atoms with E-state index in [1.807, 2.05) is 24.3 Å². The van der Waals surface area contributed by atoms with Gasteiger partial charge in [0.15, 0.2) is 5.78 Å². The number of fused-ring (bicyclic) bond motifs is 1. The van der Waals surface area contributed by atoms with Crippen molar-refractivity contribution in [2.24, 2.45) is 5.41 Å². The van der Waals surface area contributed by atoms with E-state index in [1.165, 1.54) is 0 Å². The molecule has 1 heterocycles. The van der Waals surface area contributed by atoms with Crippen LogP contribution in [0.15, 0.2) is 59.8 Å². The van der Waals surface area contributed by atoms with Crippen molar-refractivity contribution in [3.63, 3.8) is 0 Å². The van der Waals surface area contributed by atoms with Crippen molar-refractivity contribution in [3.8, 4) is 5.75 Å². The van der Waals surface area contributed by atoms with Gasteiger partial charge >= 0.3 is 0 Å². The van der Waals surface area contributed by atoms with E-state index in [9.17, 15) is 4.79 Å². The molecule has 1 aliphatic carbocycles. The van der Waals surface area contributed by atoms with Crippen LogP contribution in [-0.4, -0.2) is 19.4 Å². The normalized spacial score (nSPS) is 20.8. The van der Waals surface area contributed by atoms with Gasteiger partial charge in [-0.2, -0.15) is 0 Å². The zero-order valence-electron chi connectivity index (χ0n) is 17.1. The number of hydrogen-bond acceptors (Lipinski definition) is 4. The molecule has 0 spiro atoms. The van der Waals surface area contributed by atoms with Crippen LogP contribution in [-0.2, 0) is 4.79 Å². The summed E-state index contributed by atoms with van der Waals surface area (Å²) < 4.78 is 5.70. The predicted molar refractivity (Wildman–Crippen MR) is 114 cm³/mol. The number of anilines is 2. The molecule has 0 aromatic heterocycles. The highest BCUT2D eigenvalue weighted by Crippen LogP contribution is 2.49. The Balaban J connectivity index is 2.00. The zero-order chi connectivity index (χ0) is 19.9. The largest absolute Gasteiger partial charge is 0.496 e. The first-order valence-corrected chi connectivity index (χ1v) is 9.97. The molecule has 0 fully saturated rings. The van der Waals surface area contributed by atoms with Crippen molar-refractivity contribution >= 4 is 17.2 Å². The highest BCUT2D eigenvalue weighted by molar-refractivity contribution is 6.01. The second-order valence-electron chi connectivity index (χ2n) is 8.41. The minimum Gasteiger partial charge on any atom is -0.496 e. The SMILES string of the molecule is CCN1c2ccccc2NC2=C(C(=O)CC(C)(C)C2)[C@H]1c1ccccc1OC. The Kier molecular flexibility index (Phi) is 4.66. The number of nitrogens with zero attached hydrogens (tertiary/aromatic N) is 1. The number of ether oxygens (including phenoxy) is 1. The summed E-state index contributed by atoms with van der Waals surface area (Å²) in [6.07, 6.45) is 1.42. The summed E-state index contributed by atoms with van der Waals surface area (Å²) in [5.41, 5.74) is 5.07. The van der Waals surface area contributed by atoms with Gasteiger partial charge in [0.05, 0.1) is 24.5 Å². The summed E-state index contributed by atoms with van der Waals surface area (Å²) >= 11 is 0. The quantitative estimate of drug-likeness (QED) is 0.786. The monoisotopic (exact) mass is 376 g/mol. The van der Waals surface area contributed by atoms with Crippen LogP contribution >= 0.6 is 0 Å². The van der Waals surface area contributed by atoms with Crippen molar-refractivity contribution in [3.05, 3.63) is 65.4 Å². The second-order valence-corrected chi connectivity index (χ2v) is 8.41. The molecule has 2 aromatic rings. The third kappa shape index (κ3) is 3.07. The van der Waals surface area contributed by atoms with Crippen molar-refractivity contribution in [2.75, 3.05) is 23.9 Å². The lowest BCUT2D eigenvalue weighted by molar-refractivity contribution is -0.118. The van der Waals surface area contributed by atoms with Crippen molar-refractivity contribution in [1.29, 1.82) is 0 Å².